The Bertz CT molecular complexity index is 613. The lowest BCUT2D eigenvalue weighted by Gasteiger charge is -2.25. The lowest BCUT2D eigenvalue weighted by atomic mass is 9.98. The first-order valence-corrected chi connectivity index (χ1v) is 9.97. The number of carbonyl (C=O) groups excluding carboxylic acids is 1. The Morgan fingerprint density at radius 2 is 1.92 bits per heavy atom. The van der Waals surface area contributed by atoms with Crippen LogP contribution in [0, 0.1) is 0 Å². The van der Waals surface area contributed by atoms with E-state index in [-0.39, 0.29) is 18.1 Å². The van der Waals surface area contributed by atoms with Gasteiger partial charge in [-0.3, -0.25) is 4.79 Å². The summed E-state index contributed by atoms with van der Waals surface area (Å²) in [7, 11) is -3.37. The van der Waals surface area contributed by atoms with E-state index in [4.69, 9.17) is 4.74 Å². The van der Waals surface area contributed by atoms with E-state index in [1.165, 1.54) is 9.87 Å². The first-order chi connectivity index (χ1) is 11.5. The molecular formula is C17H26N2O4S. The van der Waals surface area contributed by atoms with Gasteiger partial charge in [0.05, 0.1) is 19.0 Å². The Morgan fingerprint density at radius 1 is 1.25 bits per heavy atom. The molecule has 0 aromatic heterocycles. The zero-order valence-corrected chi connectivity index (χ0v) is 14.9. The number of nitrogens with one attached hydrogen (secondary N) is 1. The highest BCUT2D eigenvalue weighted by Gasteiger charge is 2.24. The first kappa shape index (κ1) is 18.9. The lowest BCUT2D eigenvalue weighted by Crippen LogP contribution is -2.42. The highest BCUT2D eigenvalue weighted by molar-refractivity contribution is 7.89. The van der Waals surface area contributed by atoms with Gasteiger partial charge < -0.3 is 10.1 Å². The van der Waals surface area contributed by atoms with Gasteiger partial charge in [0.15, 0.2) is 0 Å². The van der Waals surface area contributed by atoms with E-state index in [0.717, 1.165) is 6.42 Å². The standard InChI is InChI=1S/C17H26N2O4S/c1-15(16-5-3-2-4-6-16)7-9-18-17(20)8-14-24(21,22)19-10-12-23-13-11-19/h2-6,15H,7-14H2,1H3,(H,18,20). The topological polar surface area (TPSA) is 75.7 Å². The summed E-state index contributed by atoms with van der Waals surface area (Å²) in [6, 6.07) is 10.1. The van der Waals surface area contributed by atoms with Crippen LogP contribution in [0.4, 0.5) is 0 Å². The number of carbonyl (C=O) groups is 1. The summed E-state index contributed by atoms with van der Waals surface area (Å²) in [5, 5.41) is 2.81. The predicted molar refractivity (Wildman–Crippen MR) is 93.3 cm³/mol. The molecule has 0 aliphatic carbocycles. The second-order valence-corrected chi connectivity index (χ2v) is 8.12. The third-order valence-electron chi connectivity index (χ3n) is 4.22. The van der Waals surface area contributed by atoms with Crippen molar-refractivity contribution >= 4 is 15.9 Å². The van der Waals surface area contributed by atoms with E-state index in [2.05, 4.69) is 24.4 Å². The molecule has 1 aromatic carbocycles. The molecule has 24 heavy (non-hydrogen) atoms. The second kappa shape index (κ2) is 9.15. The number of benzene rings is 1. The molecule has 0 saturated carbocycles. The van der Waals surface area contributed by atoms with Crippen molar-refractivity contribution in [1.29, 1.82) is 0 Å². The summed E-state index contributed by atoms with van der Waals surface area (Å²) in [6.45, 7) is 4.25. The van der Waals surface area contributed by atoms with E-state index in [1.54, 1.807) is 0 Å². The minimum atomic E-state index is -3.37. The molecule has 1 fully saturated rings. The molecule has 1 N–H and O–H groups in total. The maximum Gasteiger partial charge on any atom is 0.221 e. The minimum Gasteiger partial charge on any atom is -0.379 e. The predicted octanol–water partition coefficient (Wildman–Crippen LogP) is 1.35. The van der Waals surface area contributed by atoms with Gasteiger partial charge in [0.2, 0.25) is 15.9 Å². The van der Waals surface area contributed by atoms with Gasteiger partial charge in [0.25, 0.3) is 0 Å². The molecule has 1 atom stereocenters. The van der Waals surface area contributed by atoms with Gasteiger partial charge in [0, 0.05) is 26.1 Å². The molecule has 7 heteroatoms. The van der Waals surface area contributed by atoms with Gasteiger partial charge in [-0.2, -0.15) is 4.31 Å². The van der Waals surface area contributed by atoms with Gasteiger partial charge in [-0.1, -0.05) is 37.3 Å². The molecule has 0 radical (unpaired) electrons. The van der Waals surface area contributed by atoms with Crippen LogP contribution in [0.5, 0.6) is 0 Å². The normalized spacial score (nSPS) is 17.4. The van der Waals surface area contributed by atoms with Gasteiger partial charge in [-0.15, -0.1) is 0 Å². The first-order valence-electron chi connectivity index (χ1n) is 8.36. The highest BCUT2D eigenvalue weighted by Crippen LogP contribution is 2.17. The van der Waals surface area contributed by atoms with Crippen molar-refractivity contribution in [2.75, 3.05) is 38.6 Å². The molecule has 1 saturated heterocycles. The average molecular weight is 354 g/mol. The van der Waals surface area contributed by atoms with Gasteiger partial charge >= 0.3 is 0 Å². The summed E-state index contributed by atoms with van der Waals surface area (Å²) in [4.78, 5) is 11.9. The number of nitrogens with zero attached hydrogens (tertiary/aromatic N) is 1. The van der Waals surface area contributed by atoms with E-state index >= 15 is 0 Å². The fourth-order valence-electron chi connectivity index (χ4n) is 2.64. The average Bonchev–Trinajstić information content (AvgIpc) is 2.61. The van der Waals surface area contributed by atoms with Crippen LogP contribution in [0.25, 0.3) is 0 Å². The molecule has 134 valence electrons. The SMILES string of the molecule is CC(CCNC(=O)CCS(=O)(=O)N1CCOCC1)c1ccccc1. The van der Waals surface area contributed by atoms with Crippen molar-refractivity contribution in [3.05, 3.63) is 35.9 Å². The summed E-state index contributed by atoms with van der Waals surface area (Å²) >= 11 is 0. The molecule has 0 spiro atoms. The Balaban J connectivity index is 1.68. The summed E-state index contributed by atoms with van der Waals surface area (Å²) in [5.74, 6) is -0.0109. The van der Waals surface area contributed by atoms with E-state index in [9.17, 15) is 13.2 Å². The van der Waals surface area contributed by atoms with Crippen LogP contribution in [0.1, 0.15) is 31.2 Å². The van der Waals surface area contributed by atoms with Crippen LogP contribution < -0.4 is 5.32 Å². The molecule has 1 heterocycles. The lowest BCUT2D eigenvalue weighted by molar-refractivity contribution is -0.120. The van der Waals surface area contributed by atoms with Gasteiger partial charge in [-0.05, 0) is 17.9 Å². The maximum atomic E-state index is 12.1. The van der Waals surface area contributed by atoms with Crippen LogP contribution in [0.2, 0.25) is 0 Å². The van der Waals surface area contributed by atoms with E-state index in [0.29, 0.717) is 38.8 Å². The van der Waals surface area contributed by atoms with Crippen molar-refractivity contribution < 1.29 is 17.9 Å². The number of hydrogen-bond donors (Lipinski definition) is 1. The van der Waals surface area contributed by atoms with Crippen molar-refractivity contribution in [3.63, 3.8) is 0 Å². The van der Waals surface area contributed by atoms with Crippen molar-refractivity contribution in [3.8, 4) is 0 Å². The molecule has 6 nitrogen and oxygen atoms in total. The van der Waals surface area contributed by atoms with Gasteiger partial charge in [0.1, 0.15) is 0 Å². The number of hydrogen-bond acceptors (Lipinski definition) is 4. The molecular weight excluding hydrogens is 328 g/mol. The second-order valence-electron chi connectivity index (χ2n) is 6.03. The van der Waals surface area contributed by atoms with Crippen LogP contribution >= 0.6 is 0 Å². The van der Waals surface area contributed by atoms with E-state index in [1.807, 2.05) is 18.2 Å². The van der Waals surface area contributed by atoms with Crippen molar-refractivity contribution in [1.82, 2.24) is 9.62 Å². The summed E-state index contributed by atoms with van der Waals surface area (Å²) in [5.41, 5.74) is 1.24. The minimum absolute atomic E-state index is 0.000587. The molecule has 1 aliphatic rings. The third-order valence-corrected chi connectivity index (χ3v) is 6.09. The molecule has 1 aromatic rings. The molecule has 1 unspecified atom stereocenters. The zero-order valence-electron chi connectivity index (χ0n) is 14.1. The number of amides is 1. The quantitative estimate of drug-likeness (QED) is 0.765. The number of ether oxygens (including phenoxy) is 1. The largest absolute Gasteiger partial charge is 0.379 e. The van der Waals surface area contributed by atoms with Crippen molar-refractivity contribution in [2.24, 2.45) is 0 Å². The fourth-order valence-corrected chi connectivity index (χ4v) is 4.05. The Kier molecular flexibility index (Phi) is 7.20. The molecule has 0 bridgehead atoms. The number of rotatable bonds is 8. The van der Waals surface area contributed by atoms with Crippen LogP contribution in [-0.4, -0.2) is 57.2 Å². The van der Waals surface area contributed by atoms with Crippen LogP contribution in [0.3, 0.4) is 0 Å². The summed E-state index contributed by atoms with van der Waals surface area (Å²) < 4.78 is 30.8. The smallest absolute Gasteiger partial charge is 0.221 e. The Morgan fingerprint density at radius 3 is 2.58 bits per heavy atom. The fraction of sp³-hybridized carbons (Fsp3) is 0.588. The zero-order chi connectivity index (χ0) is 17.4. The maximum absolute atomic E-state index is 12.1. The third kappa shape index (κ3) is 5.89. The monoisotopic (exact) mass is 354 g/mol. The van der Waals surface area contributed by atoms with Crippen molar-refractivity contribution in [2.45, 2.75) is 25.7 Å². The van der Waals surface area contributed by atoms with E-state index < -0.39 is 10.0 Å². The van der Waals surface area contributed by atoms with Crippen LogP contribution in [0.15, 0.2) is 30.3 Å². The molecule has 2 rings (SSSR count). The highest BCUT2D eigenvalue weighted by atomic mass is 32.2. The van der Waals surface area contributed by atoms with Crippen LogP contribution in [-0.2, 0) is 19.6 Å². The number of morpholine rings is 1. The Hall–Kier alpha value is -1.44. The van der Waals surface area contributed by atoms with Gasteiger partial charge in [-0.25, -0.2) is 8.42 Å². The summed E-state index contributed by atoms with van der Waals surface area (Å²) in [6.07, 6.45) is 0.825. The Labute approximate surface area is 144 Å². The molecule has 1 aliphatic heterocycles. The number of sulfonamides is 1. The molecule has 1 amide bonds.